The lowest BCUT2D eigenvalue weighted by molar-refractivity contribution is -0.160. The molecule has 3 saturated heterocycles. The molecule has 23 heavy (non-hydrogen) atoms. The zero-order valence-electron chi connectivity index (χ0n) is 13.7. The number of Topliss-reactive ketones (excluding diaryl/α,β-unsaturated/α-hetero) is 1. The van der Waals surface area contributed by atoms with Gasteiger partial charge in [-0.05, 0) is 56.8 Å². The highest BCUT2D eigenvalue weighted by molar-refractivity contribution is 6.20. The SMILES string of the molecule is COC(=O)C1CN2C3CC[C@@H]2C[C@H](C2CCC(Cl)CC2)C3C1=O. The Morgan fingerprint density at radius 2 is 1.91 bits per heavy atom. The molecule has 4 nitrogen and oxygen atoms in total. The average Bonchev–Trinajstić information content (AvgIpc) is 2.83. The molecule has 1 saturated carbocycles. The van der Waals surface area contributed by atoms with Crippen LogP contribution in [0.25, 0.3) is 0 Å². The van der Waals surface area contributed by atoms with Gasteiger partial charge in [0.1, 0.15) is 5.92 Å². The van der Waals surface area contributed by atoms with Crippen molar-refractivity contribution in [3.05, 3.63) is 0 Å². The fourth-order valence-corrected chi connectivity index (χ4v) is 6.15. The second kappa shape index (κ2) is 6.03. The predicted octanol–water partition coefficient (Wildman–Crippen LogP) is 2.63. The third kappa shape index (κ3) is 2.53. The van der Waals surface area contributed by atoms with Gasteiger partial charge in [0.05, 0.1) is 7.11 Å². The molecule has 0 spiro atoms. The maximum absolute atomic E-state index is 13.1. The zero-order chi connectivity index (χ0) is 16.1. The summed E-state index contributed by atoms with van der Waals surface area (Å²) in [6, 6.07) is 0.941. The molecule has 4 aliphatic rings. The molecule has 0 aromatic rings. The van der Waals surface area contributed by atoms with Gasteiger partial charge in [0.15, 0.2) is 5.78 Å². The van der Waals surface area contributed by atoms with Crippen LogP contribution in [-0.4, -0.2) is 47.8 Å². The van der Waals surface area contributed by atoms with Crippen LogP contribution in [0.5, 0.6) is 0 Å². The van der Waals surface area contributed by atoms with Crippen LogP contribution in [0.2, 0.25) is 0 Å². The Morgan fingerprint density at radius 3 is 2.61 bits per heavy atom. The Morgan fingerprint density at radius 1 is 1.17 bits per heavy atom. The number of hydrogen-bond donors (Lipinski definition) is 0. The summed E-state index contributed by atoms with van der Waals surface area (Å²) in [4.78, 5) is 27.6. The molecule has 4 rings (SSSR count). The molecule has 0 amide bonds. The lowest BCUT2D eigenvalue weighted by atomic mass is 9.63. The molecule has 5 heteroatoms. The molecule has 0 N–H and O–H groups in total. The van der Waals surface area contributed by atoms with Gasteiger partial charge in [-0.2, -0.15) is 0 Å². The van der Waals surface area contributed by atoms with E-state index in [0.29, 0.717) is 35.8 Å². The maximum Gasteiger partial charge on any atom is 0.317 e. The number of methoxy groups -OCH3 is 1. The Labute approximate surface area is 142 Å². The Hall–Kier alpha value is -0.610. The molecule has 4 bridgehead atoms. The number of ketones is 1. The second-order valence-corrected chi connectivity index (χ2v) is 8.53. The predicted molar refractivity (Wildman–Crippen MR) is 87.2 cm³/mol. The summed E-state index contributed by atoms with van der Waals surface area (Å²) in [7, 11) is 1.39. The summed E-state index contributed by atoms with van der Waals surface area (Å²) in [5.74, 6) is 0.372. The third-order valence-corrected chi connectivity index (χ3v) is 7.41. The number of carbonyl (C=O) groups excluding carboxylic acids is 2. The van der Waals surface area contributed by atoms with Crippen LogP contribution in [0.3, 0.4) is 0 Å². The number of hydrogen-bond acceptors (Lipinski definition) is 4. The Kier molecular flexibility index (Phi) is 4.17. The fraction of sp³-hybridized carbons (Fsp3) is 0.889. The zero-order valence-corrected chi connectivity index (χ0v) is 14.5. The molecule has 3 aliphatic heterocycles. The van der Waals surface area contributed by atoms with Gasteiger partial charge in [-0.3, -0.25) is 14.5 Å². The second-order valence-electron chi connectivity index (χ2n) is 7.91. The number of rotatable bonds is 2. The first-order valence-corrected chi connectivity index (χ1v) is 9.55. The van der Waals surface area contributed by atoms with Crippen LogP contribution in [0.1, 0.15) is 44.9 Å². The van der Waals surface area contributed by atoms with Gasteiger partial charge < -0.3 is 4.74 Å². The first-order chi connectivity index (χ1) is 11.1. The average molecular weight is 340 g/mol. The monoisotopic (exact) mass is 339 g/mol. The lowest BCUT2D eigenvalue weighted by Crippen LogP contribution is -2.62. The number of halogens is 1. The summed E-state index contributed by atoms with van der Waals surface area (Å²) in [6.07, 6.45) is 7.88. The van der Waals surface area contributed by atoms with Gasteiger partial charge >= 0.3 is 5.97 Å². The molecule has 4 fully saturated rings. The van der Waals surface area contributed by atoms with Gasteiger partial charge in [0.2, 0.25) is 0 Å². The summed E-state index contributed by atoms with van der Waals surface area (Å²) in [5, 5.41) is 0.313. The molecule has 1 aliphatic carbocycles. The van der Waals surface area contributed by atoms with Crippen LogP contribution >= 0.6 is 11.6 Å². The normalized spacial score (nSPS) is 49.0. The van der Waals surface area contributed by atoms with E-state index in [4.69, 9.17) is 16.3 Å². The highest BCUT2D eigenvalue weighted by Crippen LogP contribution is 2.51. The largest absolute Gasteiger partial charge is 0.468 e. The van der Waals surface area contributed by atoms with E-state index < -0.39 is 5.92 Å². The molecule has 0 aromatic heterocycles. The lowest BCUT2D eigenvalue weighted by Gasteiger charge is -2.52. The topological polar surface area (TPSA) is 46.6 Å². The molecule has 128 valence electrons. The van der Waals surface area contributed by atoms with E-state index >= 15 is 0 Å². The van der Waals surface area contributed by atoms with Crippen molar-refractivity contribution in [2.75, 3.05) is 13.7 Å². The molecule has 0 aromatic carbocycles. The van der Waals surface area contributed by atoms with Crippen molar-refractivity contribution in [1.82, 2.24) is 4.90 Å². The van der Waals surface area contributed by atoms with Crippen LogP contribution in [0.15, 0.2) is 0 Å². The van der Waals surface area contributed by atoms with E-state index in [1.807, 2.05) is 0 Å². The van der Waals surface area contributed by atoms with Gasteiger partial charge in [0.25, 0.3) is 0 Å². The first-order valence-electron chi connectivity index (χ1n) is 9.11. The number of ether oxygens (including phenoxy) is 1. The Balaban J connectivity index is 1.60. The number of alkyl halides is 1. The van der Waals surface area contributed by atoms with Crippen molar-refractivity contribution < 1.29 is 14.3 Å². The highest BCUT2D eigenvalue weighted by atomic mass is 35.5. The molecule has 6 atom stereocenters. The van der Waals surface area contributed by atoms with Gasteiger partial charge in [-0.1, -0.05) is 0 Å². The maximum atomic E-state index is 13.1. The van der Waals surface area contributed by atoms with Gasteiger partial charge in [-0.25, -0.2) is 0 Å². The van der Waals surface area contributed by atoms with Crippen LogP contribution in [-0.2, 0) is 14.3 Å². The summed E-state index contributed by atoms with van der Waals surface area (Å²) in [6.45, 7) is 0.582. The third-order valence-electron chi connectivity index (χ3n) is 6.97. The van der Waals surface area contributed by atoms with Gasteiger partial charge in [-0.15, -0.1) is 11.6 Å². The minimum absolute atomic E-state index is 0.0449. The van der Waals surface area contributed by atoms with E-state index in [0.717, 1.165) is 38.5 Å². The highest BCUT2D eigenvalue weighted by Gasteiger charge is 2.57. The number of esters is 1. The van der Waals surface area contributed by atoms with Crippen molar-refractivity contribution in [2.24, 2.45) is 23.7 Å². The quantitative estimate of drug-likeness (QED) is 0.441. The van der Waals surface area contributed by atoms with E-state index in [1.54, 1.807) is 0 Å². The molecule has 0 radical (unpaired) electrons. The van der Waals surface area contributed by atoms with E-state index in [1.165, 1.54) is 13.5 Å². The molecular formula is C18H26ClNO3. The minimum Gasteiger partial charge on any atom is -0.468 e. The van der Waals surface area contributed by atoms with E-state index in [2.05, 4.69) is 4.90 Å². The van der Waals surface area contributed by atoms with Crippen LogP contribution in [0.4, 0.5) is 0 Å². The van der Waals surface area contributed by atoms with Gasteiger partial charge in [0, 0.05) is 29.9 Å². The summed E-state index contributed by atoms with van der Waals surface area (Å²) < 4.78 is 4.91. The summed E-state index contributed by atoms with van der Waals surface area (Å²) >= 11 is 6.27. The van der Waals surface area contributed by atoms with Crippen molar-refractivity contribution in [3.63, 3.8) is 0 Å². The van der Waals surface area contributed by atoms with Crippen LogP contribution in [0, 0.1) is 23.7 Å². The number of piperidine rings is 2. The smallest absolute Gasteiger partial charge is 0.317 e. The first kappa shape index (κ1) is 15.9. The molecule has 4 unspecified atom stereocenters. The van der Waals surface area contributed by atoms with Crippen molar-refractivity contribution in [2.45, 2.75) is 62.4 Å². The van der Waals surface area contributed by atoms with E-state index in [9.17, 15) is 9.59 Å². The number of nitrogens with zero attached hydrogens (tertiary/aromatic N) is 1. The van der Waals surface area contributed by atoms with Crippen molar-refractivity contribution >= 4 is 23.4 Å². The van der Waals surface area contributed by atoms with Crippen molar-refractivity contribution in [3.8, 4) is 0 Å². The Bertz CT molecular complexity index is 502. The summed E-state index contributed by atoms with van der Waals surface area (Å²) in [5.41, 5.74) is 0. The standard InChI is InChI=1S/C18H26ClNO3/c1-23-18(22)14-9-20-12-6-7-15(20)16(17(14)21)13(8-12)10-2-4-11(19)5-3-10/h10-16H,2-9H2,1H3/t10?,11?,12-,13-,14?,15?,16?/m1/s1. The molecule has 3 heterocycles. The minimum atomic E-state index is -0.561. The van der Waals surface area contributed by atoms with Crippen molar-refractivity contribution in [1.29, 1.82) is 0 Å². The molecular weight excluding hydrogens is 314 g/mol. The number of carbonyl (C=O) groups is 2. The fourth-order valence-electron chi connectivity index (χ4n) is 5.89. The van der Waals surface area contributed by atoms with Crippen LogP contribution < -0.4 is 0 Å². The van der Waals surface area contributed by atoms with E-state index in [-0.39, 0.29) is 17.7 Å².